The summed E-state index contributed by atoms with van der Waals surface area (Å²) in [6.07, 6.45) is 0. The molecule has 0 bridgehead atoms. The van der Waals surface area contributed by atoms with Gasteiger partial charge in [0.25, 0.3) is 0 Å². The molecule has 0 saturated carbocycles. The highest BCUT2D eigenvalue weighted by molar-refractivity contribution is 6.39. The van der Waals surface area contributed by atoms with Gasteiger partial charge < -0.3 is 10.6 Å². The fourth-order valence-electron chi connectivity index (χ4n) is 1.68. The van der Waals surface area contributed by atoms with Crippen LogP contribution in [0.3, 0.4) is 0 Å². The molecule has 0 aliphatic carbocycles. The van der Waals surface area contributed by atoms with Crippen molar-refractivity contribution in [2.75, 3.05) is 5.32 Å². The number of carbonyl (C=O) groups excluding carboxylic acids is 2. The Kier molecular flexibility index (Phi) is 4.83. The molecule has 110 valence electrons. The molecule has 2 rings (SSSR count). The molecule has 0 spiro atoms. The Labute approximate surface area is 126 Å². The minimum absolute atomic E-state index is 0.125. The zero-order chi connectivity index (χ0) is 15.9. The fraction of sp³-hybridized carbons (Fsp3) is 0.0625. The average molecular weight is 297 g/mol. The normalized spacial score (nSPS) is 9.64. The number of nitriles is 1. The third kappa shape index (κ3) is 4.15. The van der Waals surface area contributed by atoms with E-state index in [2.05, 4.69) is 10.6 Å². The summed E-state index contributed by atoms with van der Waals surface area (Å²) >= 11 is 0. The molecule has 0 fully saturated rings. The molecule has 0 aliphatic heterocycles. The molecule has 2 aromatic rings. The largest absolute Gasteiger partial charge is 0.344 e. The number of amides is 2. The van der Waals surface area contributed by atoms with Crippen LogP contribution in [-0.2, 0) is 16.1 Å². The van der Waals surface area contributed by atoms with Gasteiger partial charge in [0.2, 0.25) is 0 Å². The lowest BCUT2D eigenvalue weighted by Gasteiger charge is -2.06. The van der Waals surface area contributed by atoms with Crippen LogP contribution in [-0.4, -0.2) is 11.8 Å². The summed E-state index contributed by atoms with van der Waals surface area (Å²) < 4.78 is 12.7. The summed E-state index contributed by atoms with van der Waals surface area (Å²) in [5.74, 6) is -1.98. The molecule has 2 aromatic carbocycles. The van der Waals surface area contributed by atoms with Crippen molar-refractivity contribution in [3.63, 3.8) is 0 Å². The zero-order valence-electron chi connectivity index (χ0n) is 11.5. The van der Waals surface area contributed by atoms with E-state index in [-0.39, 0.29) is 12.4 Å². The molecule has 0 unspecified atom stereocenters. The van der Waals surface area contributed by atoms with E-state index in [1.165, 1.54) is 48.5 Å². The molecule has 5 nitrogen and oxygen atoms in total. The third-order valence-corrected chi connectivity index (χ3v) is 2.84. The summed E-state index contributed by atoms with van der Waals surface area (Å²) in [6, 6.07) is 13.7. The van der Waals surface area contributed by atoms with Crippen molar-refractivity contribution < 1.29 is 14.0 Å². The van der Waals surface area contributed by atoms with Gasteiger partial charge in [-0.1, -0.05) is 12.1 Å². The van der Waals surface area contributed by atoms with Gasteiger partial charge in [-0.2, -0.15) is 5.26 Å². The molecule has 0 heterocycles. The second-order valence-electron chi connectivity index (χ2n) is 4.45. The summed E-state index contributed by atoms with van der Waals surface area (Å²) in [7, 11) is 0. The first kappa shape index (κ1) is 15.2. The van der Waals surface area contributed by atoms with Crippen LogP contribution in [0.5, 0.6) is 0 Å². The zero-order valence-corrected chi connectivity index (χ0v) is 11.5. The maximum Gasteiger partial charge on any atom is 0.313 e. The number of halogens is 1. The molecule has 6 heteroatoms. The number of hydrogen-bond acceptors (Lipinski definition) is 3. The molecule has 22 heavy (non-hydrogen) atoms. The standard InChI is InChI=1S/C16H12FN3O2/c17-13-5-1-12(2-6-13)10-19-15(21)16(22)20-14-7-3-11(9-18)4-8-14/h1-8H,10H2,(H,19,21)(H,20,22). The van der Waals surface area contributed by atoms with Gasteiger partial charge in [-0.05, 0) is 42.0 Å². The van der Waals surface area contributed by atoms with Gasteiger partial charge in [0.15, 0.2) is 0 Å². The van der Waals surface area contributed by atoms with Crippen molar-refractivity contribution in [1.29, 1.82) is 5.26 Å². The predicted octanol–water partition coefficient (Wildman–Crippen LogP) is 1.95. The topological polar surface area (TPSA) is 82.0 Å². The minimum Gasteiger partial charge on any atom is -0.344 e. The van der Waals surface area contributed by atoms with Crippen molar-refractivity contribution in [3.8, 4) is 6.07 Å². The number of benzene rings is 2. The van der Waals surface area contributed by atoms with E-state index in [0.29, 0.717) is 16.8 Å². The van der Waals surface area contributed by atoms with E-state index in [1.807, 2.05) is 6.07 Å². The minimum atomic E-state index is -0.813. The predicted molar refractivity (Wildman–Crippen MR) is 78.0 cm³/mol. The Morgan fingerprint density at radius 3 is 2.23 bits per heavy atom. The van der Waals surface area contributed by atoms with Crippen LogP contribution < -0.4 is 10.6 Å². The lowest BCUT2D eigenvalue weighted by atomic mass is 10.2. The van der Waals surface area contributed by atoms with Crippen molar-refractivity contribution in [2.24, 2.45) is 0 Å². The SMILES string of the molecule is N#Cc1ccc(NC(=O)C(=O)NCc2ccc(F)cc2)cc1. The van der Waals surface area contributed by atoms with E-state index in [1.54, 1.807) is 0 Å². The molecule has 0 aliphatic rings. The molecular formula is C16H12FN3O2. The first-order chi connectivity index (χ1) is 10.6. The highest BCUT2D eigenvalue weighted by Gasteiger charge is 2.13. The fourth-order valence-corrected chi connectivity index (χ4v) is 1.68. The van der Waals surface area contributed by atoms with Crippen LogP contribution in [0.15, 0.2) is 48.5 Å². The Morgan fingerprint density at radius 2 is 1.64 bits per heavy atom. The summed E-state index contributed by atoms with van der Waals surface area (Å²) in [6.45, 7) is 0.125. The monoisotopic (exact) mass is 297 g/mol. The molecule has 0 atom stereocenters. The third-order valence-electron chi connectivity index (χ3n) is 2.84. The highest BCUT2D eigenvalue weighted by Crippen LogP contribution is 2.08. The van der Waals surface area contributed by atoms with Crippen LogP contribution in [0, 0.1) is 17.1 Å². The maximum atomic E-state index is 12.7. The Balaban J connectivity index is 1.87. The Hall–Kier alpha value is -3.20. The van der Waals surface area contributed by atoms with E-state index in [0.717, 1.165) is 0 Å². The van der Waals surface area contributed by atoms with Crippen LogP contribution >= 0.6 is 0 Å². The van der Waals surface area contributed by atoms with Gasteiger partial charge in [0.1, 0.15) is 5.82 Å². The maximum absolute atomic E-state index is 12.7. The van der Waals surface area contributed by atoms with Crippen molar-refractivity contribution in [3.05, 3.63) is 65.5 Å². The average Bonchev–Trinajstić information content (AvgIpc) is 2.54. The van der Waals surface area contributed by atoms with E-state index >= 15 is 0 Å². The summed E-state index contributed by atoms with van der Waals surface area (Å²) in [5.41, 5.74) is 1.56. The van der Waals surface area contributed by atoms with Gasteiger partial charge in [-0.25, -0.2) is 4.39 Å². The number of anilines is 1. The van der Waals surface area contributed by atoms with E-state index < -0.39 is 11.8 Å². The smallest absolute Gasteiger partial charge is 0.313 e. The van der Waals surface area contributed by atoms with Crippen LogP contribution in [0.25, 0.3) is 0 Å². The first-order valence-electron chi connectivity index (χ1n) is 6.42. The molecule has 0 radical (unpaired) electrons. The summed E-state index contributed by atoms with van der Waals surface area (Å²) in [5, 5.41) is 13.5. The lowest BCUT2D eigenvalue weighted by molar-refractivity contribution is -0.136. The number of rotatable bonds is 3. The van der Waals surface area contributed by atoms with Crippen molar-refractivity contribution in [2.45, 2.75) is 6.54 Å². The number of carbonyl (C=O) groups is 2. The van der Waals surface area contributed by atoms with Crippen LogP contribution in [0.1, 0.15) is 11.1 Å². The number of nitrogens with one attached hydrogen (secondary N) is 2. The van der Waals surface area contributed by atoms with Gasteiger partial charge in [-0.3, -0.25) is 9.59 Å². The van der Waals surface area contributed by atoms with Crippen LogP contribution in [0.4, 0.5) is 10.1 Å². The van der Waals surface area contributed by atoms with Crippen LogP contribution in [0.2, 0.25) is 0 Å². The van der Waals surface area contributed by atoms with Gasteiger partial charge in [0.05, 0.1) is 11.6 Å². The second-order valence-corrected chi connectivity index (χ2v) is 4.45. The highest BCUT2D eigenvalue weighted by atomic mass is 19.1. The van der Waals surface area contributed by atoms with E-state index in [9.17, 15) is 14.0 Å². The quantitative estimate of drug-likeness (QED) is 0.850. The Bertz CT molecular complexity index is 719. The van der Waals surface area contributed by atoms with Crippen molar-refractivity contribution >= 4 is 17.5 Å². The summed E-state index contributed by atoms with van der Waals surface area (Å²) in [4.78, 5) is 23.4. The molecule has 0 aromatic heterocycles. The van der Waals surface area contributed by atoms with Crippen molar-refractivity contribution in [1.82, 2.24) is 5.32 Å². The molecule has 2 N–H and O–H groups in total. The number of hydrogen-bond donors (Lipinski definition) is 2. The van der Waals surface area contributed by atoms with E-state index in [4.69, 9.17) is 5.26 Å². The number of nitrogens with zero attached hydrogens (tertiary/aromatic N) is 1. The molecule has 2 amide bonds. The van der Waals surface area contributed by atoms with Gasteiger partial charge in [-0.15, -0.1) is 0 Å². The Morgan fingerprint density at radius 1 is 1.00 bits per heavy atom. The second kappa shape index (κ2) is 6.99. The van der Waals surface area contributed by atoms with Gasteiger partial charge >= 0.3 is 11.8 Å². The molecular weight excluding hydrogens is 285 g/mol. The lowest BCUT2D eigenvalue weighted by Crippen LogP contribution is -2.34. The first-order valence-corrected chi connectivity index (χ1v) is 6.42. The molecule has 0 saturated heterocycles. The van der Waals surface area contributed by atoms with Gasteiger partial charge in [0, 0.05) is 12.2 Å².